The van der Waals surface area contributed by atoms with Crippen LogP contribution in [0.3, 0.4) is 0 Å². The summed E-state index contributed by atoms with van der Waals surface area (Å²) in [7, 11) is 0. The van der Waals surface area contributed by atoms with E-state index in [1.54, 1.807) is 0 Å². The number of morpholine rings is 1. The van der Waals surface area contributed by atoms with Crippen LogP contribution in [0.25, 0.3) is 0 Å². The Labute approximate surface area is 192 Å². The lowest BCUT2D eigenvalue weighted by molar-refractivity contribution is 0.0238. The molecular formula is C26H61N3O. The van der Waals surface area contributed by atoms with Crippen LogP contribution in [-0.2, 0) is 4.74 Å². The van der Waals surface area contributed by atoms with Crippen molar-refractivity contribution in [2.45, 2.75) is 120 Å². The molecule has 0 spiro atoms. The molecule has 0 bridgehead atoms. The van der Waals surface area contributed by atoms with Crippen molar-refractivity contribution < 1.29 is 4.74 Å². The SMILES string of the molecule is CC.CC.CC.CC(C)N1CCC1.CC(C)N1CCCC1.CC(C)N1CCOCC1. The van der Waals surface area contributed by atoms with Crippen LogP contribution >= 0.6 is 0 Å². The summed E-state index contributed by atoms with van der Waals surface area (Å²) < 4.78 is 5.21. The lowest BCUT2D eigenvalue weighted by atomic mass is 10.2. The number of hydrogen-bond acceptors (Lipinski definition) is 4. The third kappa shape index (κ3) is 18.6. The molecule has 4 heteroatoms. The van der Waals surface area contributed by atoms with Crippen molar-refractivity contribution >= 4 is 0 Å². The van der Waals surface area contributed by atoms with Crippen molar-refractivity contribution in [1.82, 2.24) is 14.7 Å². The molecule has 3 aliphatic rings. The van der Waals surface area contributed by atoms with Gasteiger partial charge in [-0.3, -0.25) is 4.90 Å². The molecule has 3 aliphatic heterocycles. The van der Waals surface area contributed by atoms with E-state index in [-0.39, 0.29) is 0 Å². The standard InChI is InChI=1S/C7H15NO.C7H15N.C6H13N.3C2H6/c1-7(2)8-3-5-9-6-4-8;1-7(2)8-5-3-4-6-8;1-6(2)7-4-3-5-7;3*1-2/h7H,3-6H2,1-2H3;7H,3-6H2,1-2H3;6H,3-5H2,1-2H3;3*1-2H3. The fourth-order valence-electron chi connectivity index (χ4n) is 3.21. The topological polar surface area (TPSA) is 19.0 Å². The van der Waals surface area contributed by atoms with Gasteiger partial charge < -0.3 is 14.5 Å². The van der Waals surface area contributed by atoms with E-state index in [2.05, 4.69) is 56.2 Å². The summed E-state index contributed by atoms with van der Waals surface area (Å²) in [5, 5.41) is 0. The fraction of sp³-hybridized carbons (Fsp3) is 1.00. The minimum Gasteiger partial charge on any atom is -0.379 e. The second-order valence-corrected chi connectivity index (χ2v) is 8.06. The van der Waals surface area contributed by atoms with E-state index in [4.69, 9.17) is 4.74 Å². The monoisotopic (exact) mass is 431 g/mol. The molecule has 0 N–H and O–H groups in total. The molecule has 0 radical (unpaired) electrons. The smallest absolute Gasteiger partial charge is 0.0594 e. The quantitative estimate of drug-likeness (QED) is 0.515. The van der Waals surface area contributed by atoms with Crippen LogP contribution in [0.4, 0.5) is 0 Å². The first-order chi connectivity index (χ1) is 14.4. The van der Waals surface area contributed by atoms with E-state index in [1.807, 2.05) is 41.5 Å². The molecule has 0 atom stereocenters. The van der Waals surface area contributed by atoms with Gasteiger partial charge in [0.15, 0.2) is 0 Å². The number of nitrogens with zero attached hydrogens (tertiary/aromatic N) is 3. The normalized spacial score (nSPS) is 18.9. The maximum absolute atomic E-state index is 5.21. The van der Waals surface area contributed by atoms with Gasteiger partial charge in [0.05, 0.1) is 13.2 Å². The summed E-state index contributed by atoms with van der Waals surface area (Å²) >= 11 is 0. The Morgan fingerprint density at radius 2 is 0.700 bits per heavy atom. The zero-order valence-corrected chi connectivity index (χ0v) is 23.3. The highest BCUT2D eigenvalue weighted by molar-refractivity contribution is 4.71. The highest BCUT2D eigenvalue weighted by atomic mass is 16.5. The summed E-state index contributed by atoms with van der Waals surface area (Å²) in [6.07, 6.45) is 4.24. The Morgan fingerprint density at radius 1 is 0.433 bits per heavy atom. The molecule has 3 rings (SSSR count). The number of rotatable bonds is 3. The minimum absolute atomic E-state index is 0.689. The second kappa shape index (κ2) is 25.1. The molecule has 30 heavy (non-hydrogen) atoms. The molecule has 0 aromatic rings. The van der Waals surface area contributed by atoms with Crippen LogP contribution in [0.1, 0.15) is 102 Å². The molecule has 0 unspecified atom stereocenters. The van der Waals surface area contributed by atoms with E-state index in [0.717, 1.165) is 38.4 Å². The lowest BCUT2D eigenvalue weighted by Gasteiger charge is -2.34. The third-order valence-electron chi connectivity index (χ3n) is 5.27. The Morgan fingerprint density at radius 3 is 0.867 bits per heavy atom. The average Bonchev–Trinajstić information content (AvgIpc) is 3.28. The highest BCUT2D eigenvalue weighted by Gasteiger charge is 2.15. The predicted octanol–water partition coefficient (Wildman–Crippen LogP) is 6.40. The molecule has 0 amide bonds. The highest BCUT2D eigenvalue weighted by Crippen LogP contribution is 2.10. The molecule has 3 saturated heterocycles. The molecule has 3 fully saturated rings. The number of likely N-dealkylation sites (tertiary alicyclic amines) is 2. The zero-order chi connectivity index (χ0) is 23.9. The fourth-order valence-corrected chi connectivity index (χ4v) is 3.21. The first-order valence-electron chi connectivity index (χ1n) is 13.2. The van der Waals surface area contributed by atoms with Crippen LogP contribution in [-0.4, -0.2) is 85.3 Å². The van der Waals surface area contributed by atoms with Crippen LogP contribution in [0, 0.1) is 0 Å². The van der Waals surface area contributed by atoms with E-state index in [1.165, 1.54) is 45.4 Å². The summed E-state index contributed by atoms with van der Waals surface area (Å²) in [4.78, 5) is 7.43. The van der Waals surface area contributed by atoms with Gasteiger partial charge in [0.1, 0.15) is 0 Å². The van der Waals surface area contributed by atoms with E-state index >= 15 is 0 Å². The Bertz CT molecular complexity index is 293. The zero-order valence-electron chi connectivity index (χ0n) is 23.3. The predicted molar refractivity (Wildman–Crippen MR) is 139 cm³/mol. The van der Waals surface area contributed by atoms with E-state index < -0.39 is 0 Å². The van der Waals surface area contributed by atoms with Crippen molar-refractivity contribution in [3.8, 4) is 0 Å². The molecule has 3 heterocycles. The van der Waals surface area contributed by atoms with Gasteiger partial charge >= 0.3 is 0 Å². The van der Waals surface area contributed by atoms with Gasteiger partial charge in [0, 0.05) is 31.2 Å². The van der Waals surface area contributed by atoms with Gasteiger partial charge in [-0.25, -0.2) is 0 Å². The lowest BCUT2D eigenvalue weighted by Crippen LogP contribution is -2.41. The molecule has 0 aromatic heterocycles. The average molecular weight is 432 g/mol. The van der Waals surface area contributed by atoms with Crippen LogP contribution < -0.4 is 0 Å². The molecule has 186 valence electrons. The van der Waals surface area contributed by atoms with Crippen molar-refractivity contribution in [2.75, 3.05) is 52.5 Å². The number of hydrogen-bond donors (Lipinski definition) is 0. The van der Waals surface area contributed by atoms with Gasteiger partial charge in [-0.2, -0.15) is 0 Å². The third-order valence-corrected chi connectivity index (χ3v) is 5.27. The summed E-state index contributed by atoms with van der Waals surface area (Å²) in [6.45, 7) is 34.9. The van der Waals surface area contributed by atoms with Crippen molar-refractivity contribution in [3.05, 3.63) is 0 Å². The van der Waals surface area contributed by atoms with E-state index in [9.17, 15) is 0 Å². The summed E-state index contributed by atoms with van der Waals surface area (Å²) in [6, 6.07) is 2.25. The van der Waals surface area contributed by atoms with E-state index in [0.29, 0.717) is 6.04 Å². The molecule has 4 nitrogen and oxygen atoms in total. The van der Waals surface area contributed by atoms with Gasteiger partial charge in [-0.15, -0.1) is 0 Å². The maximum atomic E-state index is 5.21. The van der Waals surface area contributed by atoms with Crippen molar-refractivity contribution in [1.29, 1.82) is 0 Å². The molecule has 0 aromatic carbocycles. The molecule has 0 aliphatic carbocycles. The Hall–Kier alpha value is -0.160. The van der Waals surface area contributed by atoms with Gasteiger partial charge in [0.2, 0.25) is 0 Å². The van der Waals surface area contributed by atoms with Crippen LogP contribution in [0.2, 0.25) is 0 Å². The molecule has 0 saturated carbocycles. The summed E-state index contributed by atoms with van der Waals surface area (Å²) in [5.41, 5.74) is 0. The summed E-state index contributed by atoms with van der Waals surface area (Å²) in [5.74, 6) is 0. The number of ether oxygens (including phenoxy) is 1. The Balaban J connectivity index is -0.000000325. The molecular weight excluding hydrogens is 370 g/mol. The van der Waals surface area contributed by atoms with Crippen LogP contribution in [0.15, 0.2) is 0 Å². The van der Waals surface area contributed by atoms with Crippen molar-refractivity contribution in [2.24, 2.45) is 0 Å². The first kappa shape index (κ1) is 34.5. The van der Waals surface area contributed by atoms with Crippen molar-refractivity contribution in [3.63, 3.8) is 0 Å². The minimum atomic E-state index is 0.689. The van der Waals surface area contributed by atoms with Crippen LogP contribution in [0.5, 0.6) is 0 Å². The van der Waals surface area contributed by atoms with Gasteiger partial charge in [0.25, 0.3) is 0 Å². The maximum Gasteiger partial charge on any atom is 0.0594 e. The first-order valence-corrected chi connectivity index (χ1v) is 13.2. The largest absolute Gasteiger partial charge is 0.379 e. The second-order valence-electron chi connectivity index (χ2n) is 8.06. The Kier molecular flexibility index (Phi) is 28.8. The van der Waals surface area contributed by atoms with Gasteiger partial charge in [-0.1, -0.05) is 41.5 Å². The van der Waals surface area contributed by atoms with Gasteiger partial charge in [-0.05, 0) is 87.0 Å².